The van der Waals surface area contributed by atoms with E-state index in [-0.39, 0.29) is 18.4 Å². The molecule has 1 saturated heterocycles. The van der Waals surface area contributed by atoms with E-state index in [1.54, 1.807) is 46.2 Å². The molecule has 0 unspecified atom stereocenters. The van der Waals surface area contributed by atoms with Crippen molar-refractivity contribution in [2.24, 2.45) is 0 Å². The summed E-state index contributed by atoms with van der Waals surface area (Å²) in [4.78, 5) is 28.8. The van der Waals surface area contributed by atoms with Crippen LogP contribution in [0.2, 0.25) is 5.02 Å². The number of carbonyl (C=O) groups excluding carboxylic acids is 2. The zero-order chi connectivity index (χ0) is 22.4. The predicted molar refractivity (Wildman–Crippen MR) is 116 cm³/mol. The second kappa shape index (κ2) is 10.3. The smallest absolute Gasteiger partial charge is 0.260 e. The monoisotopic (exact) mass is 448 g/mol. The molecular formula is C22H25ClN2O6. The molecule has 1 fully saturated rings. The average molecular weight is 449 g/mol. The van der Waals surface area contributed by atoms with Gasteiger partial charge in [0.15, 0.2) is 18.1 Å². The molecule has 8 nitrogen and oxygen atoms in total. The van der Waals surface area contributed by atoms with Gasteiger partial charge in [-0.2, -0.15) is 0 Å². The van der Waals surface area contributed by atoms with E-state index in [0.717, 1.165) is 0 Å². The largest absolute Gasteiger partial charge is 0.493 e. The normalized spacial score (nSPS) is 13.5. The molecule has 0 aliphatic carbocycles. The molecule has 166 valence electrons. The Kier molecular flexibility index (Phi) is 7.46. The second-order valence-electron chi connectivity index (χ2n) is 6.83. The van der Waals surface area contributed by atoms with Gasteiger partial charge in [0.25, 0.3) is 11.8 Å². The van der Waals surface area contributed by atoms with E-state index in [1.807, 2.05) is 0 Å². The molecule has 2 amide bonds. The number of ether oxygens (including phenoxy) is 4. The maximum atomic E-state index is 13.0. The average Bonchev–Trinajstić information content (AvgIpc) is 2.82. The molecule has 0 bridgehead atoms. The molecule has 3 rings (SSSR count). The SMILES string of the molecule is COc1cc(C(=O)N2CCN(C(=O)COc3ccc(Cl)cc3)CC2)cc(OC)c1OC. The summed E-state index contributed by atoms with van der Waals surface area (Å²) >= 11 is 5.85. The molecule has 2 aromatic rings. The zero-order valence-corrected chi connectivity index (χ0v) is 18.5. The van der Waals surface area contributed by atoms with Crippen LogP contribution < -0.4 is 18.9 Å². The number of rotatable bonds is 7. The van der Waals surface area contributed by atoms with Gasteiger partial charge in [0.1, 0.15) is 5.75 Å². The molecule has 1 aliphatic rings. The van der Waals surface area contributed by atoms with Crippen molar-refractivity contribution >= 4 is 23.4 Å². The van der Waals surface area contributed by atoms with Gasteiger partial charge in [-0.25, -0.2) is 0 Å². The van der Waals surface area contributed by atoms with Gasteiger partial charge in [-0.15, -0.1) is 0 Å². The van der Waals surface area contributed by atoms with Gasteiger partial charge in [-0.1, -0.05) is 11.6 Å². The molecule has 0 spiro atoms. The minimum Gasteiger partial charge on any atom is -0.493 e. The maximum absolute atomic E-state index is 13.0. The lowest BCUT2D eigenvalue weighted by Crippen LogP contribution is -2.51. The first-order chi connectivity index (χ1) is 15.0. The van der Waals surface area contributed by atoms with Crippen molar-refractivity contribution in [3.05, 3.63) is 47.0 Å². The third kappa shape index (κ3) is 5.32. The summed E-state index contributed by atoms with van der Waals surface area (Å²) in [5, 5.41) is 0.603. The predicted octanol–water partition coefficient (Wildman–Crippen LogP) is 2.73. The van der Waals surface area contributed by atoms with Crippen molar-refractivity contribution in [2.75, 3.05) is 54.1 Å². The number of halogens is 1. The molecule has 0 aromatic heterocycles. The summed E-state index contributed by atoms with van der Waals surface area (Å²) in [7, 11) is 4.51. The van der Waals surface area contributed by atoms with Crippen LogP contribution in [-0.4, -0.2) is 75.7 Å². The first-order valence-corrected chi connectivity index (χ1v) is 10.1. The summed E-state index contributed by atoms with van der Waals surface area (Å²) in [6, 6.07) is 10.1. The van der Waals surface area contributed by atoms with E-state index >= 15 is 0 Å². The molecule has 0 saturated carbocycles. The summed E-state index contributed by atoms with van der Waals surface area (Å²) in [6.45, 7) is 1.63. The van der Waals surface area contributed by atoms with Gasteiger partial charge in [0.05, 0.1) is 21.3 Å². The summed E-state index contributed by atoms with van der Waals surface area (Å²) < 4.78 is 21.5. The van der Waals surface area contributed by atoms with Crippen molar-refractivity contribution in [1.82, 2.24) is 9.80 Å². The third-order valence-corrected chi connectivity index (χ3v) is 5.26. The number of benzene rings is 2. The van der Waals surface area contributed by atoms with Crippen molar-refractivity contribution in [1.29, 1.82) is 0 Å². The van der Waals surface area contributed by atoms with Crippen molar-refractivity contribution in [2.45, 2.75) is 0 Å². The van der Waals surface area contributed by atoms with Crippen LogP contribution in [0.25, 0.3) is 0 Å². The molecule has 0 radical (unpaired) electrons. The fraction of sp³-hybridized carbons (Fsp3) is 0.364. The fourth-order valence-corrected chi connectivity index (χ4v) is 3.44. The van der Waals surface area contributed by atoms with E-state index in [4.69, 9.17) is 30.5 Å². The number of nitrogens with zero attached hydrogens (tertiary/aromatic N) is 2. The standard InChI is InChI=1S/C22H25ClN2O6/c1-28-18-12-15(13-19(29-2)21(18)30-3)22(27)25-10-8-24(9-11-25)20(26)14-31-17-6-4-16(23)5-7-17/h4-7,12-13H,8-11,14H2,1-3H3. The number of methoxy groups -OCH3 is 3. The number of hydrogen-bond donors (Lipinski definition) is 0. The highest BCUT2D eigenvalue weighted by Gasteiger charge is 2.26. The van der Waals surface area contributed by atoms with Crippen molar-refractivity contribution in [3.63, 3.8) is 0 Å². The van der Waals surface area contributed by atoms with E-state index in [0.29, 0.717) is 59.8 Å². The highest BCUT2D eigenvalue weighted by atomic mass is 35.5. The Bertz CT molecular complexity index is 901. The van der Waals surface area contributed by atoms with E-state index in [2.05, 4.69) is 0 Å². The molecule has 0 atom stereocenters. The van der Waals surface area contributed by atoms with E-state index in [9.17, 15) is 9.59 Å². The van der Waals surface area contributed by atoms with Gasteiger partial charge in [0, 0.05) is 36.8 Å². The Hall–Kier alpha value is -3.13. The van der Waals surface area contributed by atoms with Gasteiger partial charge in [-0.3, -0.25) is 9.59 Å². The molecule has 1 heterocycles. The van der Waals surface area contributed by atoms with Crippen LogP contribution in [0.5, 0.6) is 23.0 Å². The number of amides is 2. The zero-order valence-electron chi connectivity index (χ0n) is 17.7. The molecular weight excluding hydrogens is 424 g/mol. The quantitative estimate of drug-likeness (QED) is 0.648. The molecule has 31 heavy (non-hydrogen) atoms. The van der Waals surface area contributed by atoms with Gasteiger partial charge in [0.2, 0.25) is 5.75 Å². The Morgan fingerprint density at radius 1 is 0.871 bits per heavy atom. The maximum Gasteiger partial charge on any atom is 0.260 e. The van der Waals surface area contributed by atoms with Crippen LogP contribution in [-0.2, 0) is 4.79 Å². The number of hydrogen-bond acceptors (Lipinski definition) is 6. The van der Waals surface area contributed by atoms with Crippen molar-refractivity contribution in [3.8, 4) is 23.0 Å². The van der Waals surface area contributed by atoms with E-state index in [1.165, 1.54) is 21.3 Å². The first kappa shape index (κ1) is 22.6. The first-order valence-electron chi connectivity index (χ1n) is 9.72. The minimum atomic E-state index is -0.163. The lowest BCUT2D eigenvalue weighted by Gasteiger charge is -2.34. The molecule has 9 heteroatoms. The summed E-state index contributed by atoms with van der Waals surface area (Å²) in [5.74, 6) is 1.54. The Morgan fingerprint density at radius 2 is 1.42 bits per heavy atom. The van der Waals surface area contributed by atoms with Crippen LogP contribution in [0.4, 0.5) is 0 Å². The second-order valence-corrected chi connectivity index (χ2v) is 7.27. The van der Waals surface area contributed by atoms with Gasteiger partial charge in [-0.05, 0) is 36.4 Å². The Labute approximate surface area is 186 Å². The van der Waals surface area contributed by atoms with E-state index < -0.39 is 0 Å². The van der Waals surface area contributed by atoms with Crippen LogP contribution in [0, 0.1) is 0 Å². The fourth-order valence-electron chi connectivity index (χ4n) is 3.31. The number of piperazine rings is 1. The third-order valence-electron chi connectivity index (χ3n) is 5.01. The van der Waals surface area contributed by atoms with Crippen LogP contribution in [0.3, 0.4) is 0 Å². The van der Waals surface area contributed by atoms with Crippen molar-refractivity contribution < 1.29 is 28.5 Å². The lowest BCUT2D eigenvalue weighted by molar-refractivity contribution is -0.134. The lowest BCUT2D eigenvalue weighted by atomic mass is 10.1. The summed E-state index contributed by atoms with van der Waals surface area (Å²) in [6.07, 6.45) is 0. The van der Waals surface area contributed by atoms with Gasteiger partial charge >= 0.3 is 0 Å². The van der Waals surface area contributed by atoms with Crippen LogP contribution in [0.15, 0.2) is 36.4 Å². The summed E-state index contributed by atoms with van der Waals surface area (Å²) in [5.41, 5.74) is 0.431. The minimum absolute atomic E-state index is 0.0670. The number of carbonyl (C=O) groups is 2. The van der Waals surface area contributed by atoms with Crippen LogP contribution in [0.1, 0.15) is 10.4 Å². The van der Waals surface area contributed by atoms with Gasteiger partial charge < -0.3 is 28.7 Å². The Morgan fingerprint density at radius 3 is 1.94 bits per heavy atom. The van der Waals surface area contributed by atoms with Crippen LogP contribution >= 0.6 is 11.6 Å². The molecule has 1 aliphatic heterocycles. The molecule has 0 N–H and O–H groups in total. The Balaban J connectivity index is 1.58. The molecule has 2 aromatic carbocycles. The highest BCUT2D eigenvalue weighted by molar-refractivity contribution is 6.30. The highest BCUT2D eigenvalue weighted by Crippen LogP contribution is 2.38. The topological polar surface area (TPSA) is 77.5 Å².